The van der Waals surface area contributed by atoms with Crippen LogP contribution in [0.2, 0.25) is 10.0 Å². The molecule has 0 saturated carbocycles. The fourth-order valence-corrected chi connectivity index (χ4v) is 2.17. The second-order valence-corrected chi connectivity index (χ2v) is 6.78. The molecule has 0 radical (unpaired) electrons. The second kappa shape index (κ2) is 7.98. The first-order valence-electron chi connectivity index (χ1n) is 6.88. The van der Waals surface area contributed by atoms with E-state index in [1.807, 2.05) is 0 Å². The van der Waals surface area contributed by atoms with Crippen LogP contribution in [0.5, 0.6) is 0 Å². The number of hydrazone groups is 1. The second-order valence-electron chi connectivity index (χ2n) is 5.97. The molecule has 0 aliphatic carbocycles. The summed E-state index contributed by atoms with van der Waals surface area (Å²) in [6.45, 7) is 5.06. The first-order valence-corrected chi connectivity index (χ1v) is 7.64. The molecule has 1 rings (SSSR count). The van der Waals surface area contributed by atoms with Gasteiger partial charge in [-0.2, -0.15) is 23.3 Å². The van der Waals surface area contributed by atoms with Gasteiger partial charge < -0.3 is 4.74 Å². The van der Waals surface area contributed by atoms with Crippen molar-refractivity contribution >= 4 is 41.2 Å². The summed E-state index contributed by atoms with van der Waals surface area (Å²) in [6, 6.07) is 1.30. The van der Waals surface area contributed by atoms with Crippen LogP contribution < -0.4 is 5.01 Å². The van der Waals surface area contributed by atoms with Gasteiger partial charge in [-0.3, -0.25) is 0 Å². The Hall–Kier alpha value is -1.91. The highest BCUT2D eigenvalue weighted by Crippen LogP contribution is 2.40. The summed E-state index contributed by atoms with van der Waals surface area (Å²) >= 11 is 11.8. The number of alkyl halides is 3. The number of carbonyl (C=O) groups excluding carboxylic acids is 1. The van der Waals surface area contributed by atoms with Crippen molar-refractivity contribution < 1.29 is 22.7 Å². The lowest BCUT2D eigenvalue weighted by Gasteiger charge is -2.21. The normalized spacial score (nSPS) is 12.1. The maximum Gasteiger partial charge on any atom is 0.436 e. The molecule has 1 aromatic carbocycles. The van der Waals surface area contributed by atoms with E-state index in [-0.39, 0.29) is 12.3 Å². The van der Waals surface area contributed by atoms with Crippen LogP contribution in [0.25, 0.3) is 0 Å². The number of ether oxygens (including phenoxy) is 1. The Morgan fingerprint density at radius 3 is 2.24 bits per heavy atom. The number of hydrogen-bond acceptors (Lipinski definition) is 3. The molecule has 25 heavy (non-hydrogen) atoms. The smallest absolute Gasteiger partial charge is 0.435 e. The highest BCUT2D eigenvalue weighted by Gasteiger charge is 2.33. The number of hydrogen-bond donors (Lipinski definition) is 0. The van der Waals surface area contributed by atoms with Gasteiger partial charge >= 0.3 is 12.3 Å². The van der Waals surface area contributed by atoms with E-state index in [1.165, 1.54) is 6.21 Å². The van der Waals surface area contributed by atoms with Gasteiger partial charge in [0.05, 0.1) is 15.6 Å². The van der Waals surface area contributed by atoms with Crippen molar-refractivity contribution in [1.29, 1.82) is 0 Å². The van der Waals surface area contributed by atoms with E-state index < -0.39 is 33.3 Å². The Balaban J connectivity index is 3.42. The van der Waals surface area contributed by atoms with Crippen molar-refractivity contribution in [1.82, 2.24) is 0 Å². The van der Waals surface area contributed by atoms with Crippen LogP contribution in [-0.4, -0.2) is 18.9 Å². The Morgan fingerprint density at radius 2 is 1.84 bits per heavy atom. The largest absolute Gasteiger partial charge is 0.436 e. The molecular weight excluding hydrogens is 380 g/mol. The predicted molar refractivity (Wildman–Crippen MR) is 92.1 cm³/mol. The van der Waals surface area contributed by atoms with Gasteiger partial charge in [0, 0.05) is 6.21 Å². The van der Waals surface area contributed by atoms with Crippen molar-refractivity contribution in [2.45, 2.75) is 26.9 Å². The molecule has 0 saturated heterocycles. The van der Waals surface area contributed by atoms with E-state index in [0.717, 1.165) is 0 Å². The summed E-state index contributed by atoms with van der Waals surface area (Å²) < 4.78 is 43.3. The van der Waals surface area contributed by atoms with Crippen molar-refractivity contribution in [3.63, 3.8) is 0 Å². The Labute approximate surface area is 153 Å². The molecule has 1 aromatic rings. The zero-order chi connectivity index (χ0) is 19.4. The van der Waals surface area contributed by atoms with E-state index >= 15 is 0 Å². The van der Waals surface area contributed by atoms with E-state index in [2.05, 4.69) is 11.0 Å². The molecule has 0 unspecified atom stereocenters. The highest BCUT2D eigenvalue weighted by molar-refractivity contribution is 6.40. The molecule has 0 aliphatic rings. The van der Waals surface area contributed by atoms with Gasteiger partial charge in [0.25, 0.3) is 0 Å². The minimum atomic E-state index is -4.64. The van der Waals surface area contributed by atoms with Crippen LogP contribution in [0.15, 0.2) is 17.2 Å². The molecule has 0 fully saturated rings. The van der Waals surface area contributed by atoms with Crippen LogP contribution in [0.3, 0.4) is 0 Å². The first-order chi connectivity index (χ1) is 11.4. The van der Waals surface area contributed by atoms with E-state index in [1.54, 1.807) is 20.8 Å². The third-order valence-electron chi connectivity index (χ3n) is 2.57. The number of rotatable bonds is 3. The van der Waals surface area contributed by atoms with Crippen LogP contribution in [0.4, 0.5) is 23.7 Å². The van der Waals surface area contributed by atoms with Gasteiger partial charge in [0.1, 0.15) is 5.69 Å². The third kappa shape index (κ3) is 6.15. The Bertz CT molecular complexity index is 697. The van der Waals surface area contributed by atoms with Crippen LogP contribution in [0.1, 0.15) is 26.3 Å². The van der Waals surface area contributed by atoms with E-state index in [9.17, 15) is 18.0 Å². The van der Waals surface area contributed by atoms with Gasteiger partial charge in [-0.1, -0.05) is 49.9 Å². The minimum absolute atomic E-state index is 0.237. The van der Waals surface area contributed by atoms with Crippen molar-refractivity contribution in [2.24, 2.45) is 10.5 Å². The average molecular weight is 395 g/mol. The molecule has 0 aliphatic heterocycles. The molecule has 0 atom stereocenters. The van der Waals surface area contributed by atoms with Crippen molar-refractivity contribution in [3.8, 4) is 12.3 Å². The maximum absolute atomic E-state index is 12.8. The quantitative estimate of drug-likeness (QED) is 0.379. The number of benzene rings is 1. The van der Waals surface area contributed by atoms with E-state index in [4.69, 9.17) is 34.4 Å². The van der Waals surface area contributed by atoms with Crippen molar-refractivity contribution in [3.05, 3.63) is 27.7 Å². The maximum atomic E-state index is 12.8. The number of carbonyl (C=O) groups is 1. The van der Waals surface area contributed by atoms with Gasteiger partial charge in [0.2, 0.25) is 0 Å². The number of nitrogens with zero attached hydrogens (tertiary/aromatic N) is 2. The molecule has 0 spiro atoms. The summed E-state index contributed by atoms with van der Waals surface area (Å²) in [6.07, 6.45) is 0.753. The summed E-state index contributed by atoms with van der Waals surface area (Å²) in [7, 11) is 0. The monoisotopic (exact) mass is 394 g/mol. The predicted octanol–water partition coefficient (Wildman–Crippen LogP) is 5.62. The molecule has 0 N–H and O–H groups in total. The number of halogens is 5. The summed E-state index contributed by atoms with van der Waals surface area (Å²) in [5, 5.41) is 3.79. The summed E-state index contributed by atoms with van der Waals surface area (Å²) in [4.78, 5) is 12.2. The topological polar surface area (TPSA) is 41.9 Å². The fourth-order valence-electron chi connectivity index (χ4n) is 1.52. The molecule has 0 bridgehead atoms. The lowest BCUT2D eigenvalue weighted by molar-refractivity contribution is -0.137. The molecule has 0 heterocycles. The lowest BCUT2D eigenvalue weighted by atomic mass is 9.99. The molecule has 9 heteroatoms. The Kier molecular flexibility index (Phi) is 6.75. The minimum Gasteiger partial charge on any atom is -0.435 e. The number of amides is 1. The average Bonchev–Trinajstić information content (AvgIpc) is 2.45. The van der Waals surface area contributed by atoms with Crippen LogP contribution >= 0.6 is 23.2 Å². The van der Waals surface area contributed by atoms with Crippen molar-refractivity contribution in [2.75, 3.05) is 11.6 Å². The number of terminal acetylenes is 1. The zero-order valence-corrected chi connectivity index (χ0v) is 15.1. The van der Waals surface area contributed by atoms with Crippen LogP contribution in [-0.2, 0) is 10.9 Å². The SMILES string of the molecule is C#CCOC(=O)N(N=CC(C)(C)C)c1c(Cl)cc(C(F)(F)F)cc1Cl. The third-order valence-corrected chi connectivity index (χ3v) is 3.14. The van der Waals surface area contributed by atoms with Gasteiger partial charge in [-0.25, -0.2) is 4.79 Å². The molecular formula is C16H15Cl2F3N2O2. The zero-order valence-electron chi connectivity index (χ0n) is 13.6. The van der Waals surface area contributed by atoms with Gasteiger partial charge in [0.15, 0.2) is 6.61 Å². The molecule has 1 amide bonds. The lowest BCUT2D eigenvalue weighted by Crippen LogP contribution is -2.28. The molecule has 4 nitrogen and oxygen atoms in total. The van der Waals surface area contributed by atoms with Gasteiger partial charge in [-0.15, -0.1) is 6.42 Å². The molecule has 0 aromatic heterocycles. The Morgan fingerprint density at radius 1 is 1.32 bits per heavy atom. The van der Waals surface area contributed by atoms with E-state index in [0.29, 0.717) is 17.1 Å². The highest BCUT2D eigenvalue weighted by atomic mass is 35.5. The van der Waals surface area contributed by atoms with Crippen LogP contribution in [0, 0.1) is 17.8 Å². The fraction of sp³-hybridized carbons (Fsp3) is 0.375. The summed E-state index contributed by atoms with van der Waals surface area (Å²) in [5.41, 5.74) is -1.72. The number of anilines is 1. The van der Waals surface area contributed by atoms with Gasteiger partial charge in [-0.05, 0) is 17.5 Å². The molecule has 136 valence electrons. The standard InChI is InChI=1S/C16H15Cl2F3N2O2/c1-5-6-25-14(24)23(22-9-15(2,3)4)13-11(17)7-10(8-12(13)18)16(19,20)21/h1,7-9H,6H2,2-4H3. The first kappa shape index (κ1) is 21.1. The summed E-state index contributed by atoms with van der Waals surface area (Å²) in [5.74, 6) is 2.10.